The lowest BCUT2D eigenvalue weighted by Gasteiger charge is -2.50. The lowest BCUT2D eigenvalue weighted by Crippen LogP contribution is -2.57. The molecule has 3 saturated heterocycles. The van der Waals surface area contributed by atoms with Crippen LogP contribution in [0.1, 0.15) is 18.4 Å². The van der Waals surface area contributed by atoms with Crippen molar-refractivity contribution in [3.8, 4) is 0 Å². The van der Waals surface area contributed by atoms with Gasteiger partial charge < -0.3 is 10.0 Å². The van der Waals surface area contributed by atoms with E-state index in [1.807, 2.05) is 24.3 Å². The maximum atomic E-state index is 10.9. The number of nitrogens with zero attached hydrogens (tertiary/aromatic N) is 1. The van der Waals surface area contributed by atoms with E-state index in [0.29, 0.717) is 10.9 Å². The van der Waals surface area contributed by atoms with Crippen LogP contribution in [0.2, 0.25) is 5.02 Å². The summed E-state index contributed by atoms with van der Waals surface area (Å²) in [7, 11) is 0. The first kappa shape index (κ1) is 10.6. The van der Waals surface area contributed by atoms with Crippen LogP contribution >= 0.6 is 11.6 Å². The third kappa shape index (κ3) is 1.48. The van der Waals surface area contributed by atoms with E-state index in [2.05, 4.69) is 4.90 Å². The summed E-state index contributed by atoms with van der Waals surface area (Å²) in [5.74, 6) is 0.373. The number of piperidine rings is 3. The van der Waals surface area contributed by atoms with E-state index in [1.165, 1.54) is 0 Å². The second-order valence-corrected chi connectivity index (χ2v) is 5.36. The number of hydrogen-bond donors (Lipinski definition) is 1. The molecule has 1 aromatic carbocycles. The van der Waals surface area contributed by atoms with E-state index in [9.17, 15) is 5.11 Å². The summed E-state index contributed by atoms with van der Waals surface area (Å²) in [4.78, 5) is 2.34. The normalized spacial score (nSPS) is 37.6. The molecular formula is C13H16ClNO. The number of fused-ring (bicyclic) bond motifs is 3. The fraction of sp³-hybridized carbons (Fsp3) is 0.538. The molecule has 3 heterocycles. The molecule has 0 spiro atoms. The third-order valence-electron chi connectivity index (χ3n) is 4.07. The first-order valence-electron chi connectivity index (χ1n) is 5.90. The topological polar surface area (TPSA) is 23.5 Å². The van der Waals surface area contributed by atoms with Gasteiger partial charge in [0.25, 0.3) is 0 Å². The van der Waals surface area contributed by atoms with Gasteiger partial charge in [0.05, 0.1) is 0 Å². The van der Waals surface area contributed by atoms with Gasteiger partial charge in [-0.3, -0.25) is 0 Å². The zero-order valence-electron chi connectivity index (χ0n) is 9.19. The molecule has 3 aliphatic rings. The molecule has 0 saturated carbocycles. The van der Waals surface area contributed by atoms with Crippen LogP contribution in [0.25, 0.3) is 0 Å². The number of rotatable bonds is 1. The quantitative estimate of drug-likeness (QED) is 0.810. The molecule has 0 aliphatic carbocycles. The molecule has 0 aromatic heterocycles. The van der Waals surface area contributed by atoms with Crippen molar-refractivity contribution in [1.29, 1.82) is 0 Å². The highest BCUT2D eigenvalue weighted by Gasteiger charge is 2.47. The number of aliphatic hydroxyl groups is 1. The monoisotopic (exact) mass is 237 g/mol. The van der Waals surface area contributed by atoms with E-state index < -0.39 is 5.60 Å². The zero-order chi connectivity index (χ0) is 11.2. The lowest BCUT2D eigenvalue weighted by atomic mass is 9.72. The van der Waals surface area contributed by atoms with Crippen molar-refractivity contribution in [2.24, 2.45) is 5.92 Å². The van der Waals surface area contributed by atoms with E-state index >= 15 is 0 Å². The molecule has 1 N–H and O–H groups in total. The van der Waals surface area contributed by atoms with Crippen molar-refractivity contribution in [1.82, 2.24) is 4.90 Å². The van der Waals surface area contributed by atoms with Crippen LogP contribution in [0, 0.1) is 5.92 Å². The molecule has 3 aliphatic heterocycles. The SMILES string of the molecule is OC1(c2ccccc2Cl)CN2CCC1CC2. The Bertz CT molecular complexity index is 401. The van der Waals surface area contributed by atoms with Gasteiger partial charge >= 0.3 is 0 Å². The van der Waals surface area contributed by atoms with Gasteiger partial charge in [0, 0.05) is 17.1 Å². The van der Waals surface area contributed by atoms with Crippen LogP contribution in [-0.2, 0) is 5.60 Å². The average Bonchev–Trinajstić information content (AvgIpc) is 2.30. The Labute approximate surface area is 101 Å². The molecule has 0 amide bonds. The minimum Gasteiger partial charge on any atom is -0.383 e. The number of benzene rings is 1. The van der Waals surface area contributed by atoms with E-state index in [0.717, 1.165) is 38.0 Å². The van der Waals surface area contributed by atoms with Gasteiger partial charge in [-0.1, -0.05) is 29.8 Å². The molecule has 3 fully saturated rings. The van der Waals surface area contributed by atoms with Crippen LogP contribution in [0.15, 0.2) is 24.3 Å². The molecule has 1 atom stereocenters. The molecule has 1 unspecified atom stereocenters. The number of hydrogen-bond acceptors (Lipinski definition) is 2. The van der Waals surface area contributed by atoms with Gasteiger partial charge in [0.15, 0.2) is 0 Å². The summed E-state index contributed by atoms with van der Waals surface area (Å²) in [5, 5.41) is 11.6. The van der Waals surface area contributed by atoms with E-state index in [1.54, 1.807) is 0 Å². The van der Waals surface area contributed by atoms with Crippen LogP contribution < -0.4 is 0 Å². The zero-order valence-corrected chi connectivity index (χ0v) is 9.95. The van der Waals surface area contributed by atoms with Crippen molar-refractivity contribution in [3.05, 3.63) is 34.9 Å². The summed E-state index contributed by atoms with van der Waals surface area (Å²) in [5.41, 5.74) is 0.181. The van der Waals surface area contributed by atoms with Crippen LogP contribution in [0.3, 0.4) is 0 Å². The molecule has 16 heavy (non-hydrogen) atoms. The number of halogens is 1. The molecule has 2 nitrogen and oxygen atoms in total. The van der Waals surface area contributed by atoms with E-state index in [4.69, 9.17) is 11.6 Å². The predicted octanol–water partition coefficient (Wildman–Crippen LogP) is 2.25. The first-order chi connectivity index (χ1) is 7.70. The highest BCUT2D eigenvalue weighted by Crippen LogP contribution is 2.44. The minimum atomic E-state index is -0.727. The Morgan fingerprint density at radius 1 is 1.25 bits per heavy atom. The molecule has 0 radical (unpaired) electrons. The Hall–Kier alpha value is -0.570. The smallest absolute Gasteiger partial charge is 0.107 e. The highest BCUT2D eigenvalue weighted by molar-refractivity contribution is 6.31. The fourth-order valence-corrected chi connectivity index (χ4v) is 3.46. The maximum absolute atomic E-state index is 10.9. The largest absolute Gasteiger partial charge is 0.383 e. The highest BCUT2D eigenvalue weighted by atomic mass is 35.5. The summed E-state index contributed by atoms with van der Waals surface area (Å²) >= 11 is 6.21. The summed E-state index contributed by atoms with van der Waals surface area (Å²) < 4.78 is 0. The fourth-order valence-electron chi connectivity index (χ4n) is 3.16. The Balaban J connectivity index is 2.02. The molecule has 3 heteroatoms. The van der Waals surface area contributed by atoms with Crippen LogP contribution in [0.5, 0.6) is 0 Å². The van der Waals surface area contributed by atoms with Crippen molar-refractivity contribution >= 4 is 11.6 Å². The minimum absolute atomic E-state index is 0.373. The molecule has 1 aromatic rings. The third-order valence-corrected chi connectivity index (χ3v) is 4.40. The summed E-state index contributed by atoms with van der Waals surface area (Å²) in [6, 6.07) is 7.70. The molecule has 4 rings (SSSR count). The molecule has 2 bridgehead atoms. The van der Waals surface area contributed by atoms with Gasteiger partial charge in [-0.15, -0.1) is 0 Å². The predicted molar refractivity (Wildman–Crippen MR) is 64.5 cm³/mol. The van der Waals surface area contributed by atoms with Gasteiger partial charge in [0.2, 0.25) is 0 Å². The van der Waals surface area contributed by atoms with E-state index in [-0.39, 0.29) is 0 Å². The van der Waals surface area contributed by atoms with Crippen molar-refractivity contribution in [3.63, 3.8) is 0 Å². The Kier molecular flexibility index (Phi) is 2.46. The lowest BCUT2D eigenvalue weighted by molar-refractivity contribution is -0.117. The maximum Gasteiger partial charge on any atom is 0.107 e. The van der Waals surface area contributed by atoms with Gasteiger partial charge in [-0.05, 0) is 37.9 Å². The van der Waals surface area contributed by atoms with Crippen LogP contribution in [0.4, 0.5) is 0 Å². The van der Waals surface area contributed by atoms with Crippen molar-refractivity contribution in [2.45, 2.75) is 18.4 Å². The molecular weight excluding hydrogens is 222 g/mol. The summed E-state index contributed by atoms with van der Waals surface area (Å²) in [6.07, 6.45) is 2.17. The standard InChI is InChI=1S/C13H16ClNO/c14-12-4-2-1-3-11(12)13(16)9-15-7-5-10(13)6-8-15/h1-4,10,16H,5-9H2. The van der Waals surface area contributed by atoms with Crippen molar-refractivity contribution in [2.75, 3.05) is 19.6 Å². The van der Waals surface area contributed by atoms with Crippen molar-refractivity contribution < 1.29 is 5.11 Å². The Morgan fingerprint density at radius 3 is 2.50 bits per heavy atom. The van der Waals surface area contributed by atoms with Crippen LogP contribution in [-0.4, -0.2) is 29.6 Å². The first-order valence-corrected chi connectivity index (χ1v) is 6.28. The van der Waals surface area contributed by atoms with Gasteiger partial charge in [-0.2, -0.15) is 0 Å². The second kappa shape index (κ2) is 3.73. The molecule has 86 valence electrons. The Morgan fingerprint density at radius 2 is 1.94 bits per heavy atom. The summed E-state index contributed by atoms with van der Waals surface area (Å²) in [6.45, 7) is 2.98. The average molecular weight is 238 g/mol. The van der Waals surface area contributed by atoms with Gasteiger partial charge in [0.1, 0.15) is 5.60 Å². The second-order valence-electron chi connectivity index (χ2n) is 4.95. The van der Waals surface area contributed by atoms with Gasteiger partial charge in [-0.25, -0.2) is 0 Å².